The van der Waals surface area contributed by atoms with Gasteiger partial charge in [-0.3, -0.25) is 4.90 Å². The molecule has 0 atom stereocenters. The van der Waals surface area contributed by atoms with Gasteiger partial charge >= 0.3 is 0 Å². The van der Waals surface area contributed by atoms with Crippen LogP contribution in [0, 0.1) is 6.92 Å². The van der Waals surface area contributed by atoms with E-state index in [0.717, 1.165) is 24.1 Å². The zero-order chi connectivity index (χ0) is 19.7. The van der Waals surface area contributed by atoms with Gasteiger partial charge in [-0.1, -0.05) is 17.7 Å². The Kier molecular flexibility index (Phi) is 5.18. The molecule has 7 nitrogen and oxygen atoms in total. The largest absolute Gasteiger partial charge is 0.507 e. The Morgan fingerprint density at radius 3 is 2.46 bits per heavy atom. The maximum atomic E-state index is 12.9. The van der Waals surface area contributed by atoms with Crippen molar-refractivity contribution < 1.29 is 23.0 Å². The first-order chi connectivity index (χ1) is 13.4. The van der Waals surface area contributed by atoms with Crippen LogP contribution >= 0.6 is 0 Å². The minimum absolute atomic E-state index is 0.160. The lowest BCUT2D eigenvalue weighted by molar-refractivity contribution is 0.174. The zero-order valence-corrected chi connectivity index (χ0v) is 16.6. The molecular weight excluding hydrogens is 380 g/mol. The van der Waals surface area contributed by atoms with Gasteiger partial charge in [0.2, 0.25) is 16.8 Å². The molecule has 8 heteroatoms. The van der Waals surface area contributed by atoms with Gasteiger partial charge in [0, 0.05) is 37.8 Å². The molecule has 2 aliphatic heterocycles. The Hall–Kier alpha value is -2.29. The second-order valence-electron chi connectivity index (χ2n) is 7.18. The fourth-order valence-corrected chi connectivity index (χ4v) is 5.02. The van der Waals surface area contributed by atoms with Gasteiger partial charge in [0.15, 0.2) is 11.5 Å². The van der Waals surface area contributed by atoms with Crippen LogP contribution in [0.4, 0.5) is 0 Å². The van der Waals surface area contributed by atoms with E-state index in [-0.39, 0.29) is 12.5 Å². The number of phenolic OH excluding ortho intramolecular Hbond substituents is 1. The molecule has 0 bridgehead atoms. The summed E-state index contributed by atoms with van der Waals surface area (Å²) in [6, 6.07) is 10.3. The van der Waals surface area contributed by atoms with Gasteiger partial charge in [-0.25, -0.2) is 8.42 Å². The van der Waals surface area contributed by atoms with Crippen LogP contribution in [0.2, 0.25) is 0 Å². The molecule has 1 N–H and O–H groups in total. The van der Waals surface area contributed by atoms with Crippen molar-refractivity contribution in [3.63, 3.8) is 0 Å². The third kappa shape index (κ3) is 3.80. The predicted octanol–water partition coefficient (Wildman–Crippen LogP) is 2.33. The van der Waals surface area contributed by atoms with E-state index in [2.05, 4.69) is 4.90 Å². The lowest BCUT2D eigenvalue weighted by Crippen LogP contribution is -2.35. The number of aryl methyl sites for hydroxylation is 1. The van der Waals surface area contributed by atoms with Crippen molar-refractivity contribution >= 4 is 10.0 Å². The van der Waals surface area contributed by atoms with Crippen molar-refractivity contribution in [2.45, 2.75) is 24.8 Å². The third-order valence-corrected chi connectivity index (χ3v) is 7.09. The summed E-state index contributed by atoms with van der Waals surface area (Å²) in [5, 5.41) is 10.3. The maximum absolute atomic E-state index is 12.9. The highest BCUT2D eigenvalue weighted by atomic mass is 32.2. The molecule has 2 aromatic rings. The van der Waals surface area contributed by atoms with Gasteiger partial charge in [-0.2, -0.15) is 4.31 Å². The van der Waals surface area contributed by atoms with Crippen molar-refractivity contribution in [1.29, 1.82) is 0 Å². The van der Waals surface area contributed by atoms with Gasteiger partial charge in [0.1, 0.15) is 5.75 Å². The first-order valence-electron chi connectivity index (χ1n) is 9.34. The molecule has 0 unspecified atom stereocenters. The minimum Gasteiger partial charge on any atom is -0.507 e. The summed E-state index contributed by atoms with van der Waals surface area (Å²) in [4.78, 5) is 2.49. The zero-order valence-electron chi connectivity index (χ0n) is 15.8. The number of phenols is 1. The molecule has 0 radical (unpaired) electrons. The highest BCUT2D eigenvalue weighted by Crippen LogP contribution is 2.38. The number of rotatable bonds is 4. The van der Waals surface area contributed by atoms with Crippen LogP contribution < -0.4 is 9.47 Å². The summed E-state index contributed by atoms with van der Waals surface area (Å²) in [5.74, 6) is 1.34. The van der Waals surface area contributed by atoms with Crippen molar-refractivity contribution in [1.82, 2.24) is 9.21 Å². The monoisotopic (exact) mass is 404 g/mol. The number of hydrogen-bond acceptors (Lipinski definition) is 6. The van der Waals surface area contributed by atoms with Crippen LogP contribution in [-0.4, -0.2) is 55.7 Å². The van der Waals surface area contributed by atoms with E-state index in [0.29, 0.717) is 42.6 Å². The van der Waals surface area contributed by atoms with Crippen LogP contribution in [-0.2, 0) is 16.6 Å². The fraction of sp³-hybridized carbons (Fsp3) is 0.400. The molecule has 2 aliphatic rings. The van der Waals surface area contributed by atoms with Crippen molar-refractivity contribution in [3.8, 4) is 17.2 Å². The predicted molar refractivity (Wildman–Crippen MR) is 104 cm³/mol. The van der Waals surface area contributed by atoms with Crippen molar-refractivity contribution in [2.24, 2.45) is 0 Å². The molecule has 0 amide bonds. The number of ether oxygens (including phenoxy) is 2. The van der Waals surface area contributed by atoms with Crippen LogP contribution in [0.15, 0.2) is 41.3 Å². The Morgan fingerprint density at radius 1 is 1.00 bits per heavy atom. The molecule has 2 aromatic carbocycles. The maximum Gasteiger partial charge on any atom is 0.243 e. The number of benzene rings is 2. The summed E-state index contributed by atoms with van der Waals surface area (Å²) in [7, 11) is -3.49. The van der Waals surface area contributed by atoms with Crippen LogP contribution in [0.1, 0.15) is 17.5 Å². The Balaban J connectivity index is 1.45. The van der Waals surface area contributed by atoms with E-state index < -0.39 is 10.0 Å². The first-order valence-corrected chi connectivity index (χ1v) is 10.8. The molecule has 0 saturated carbocycles. The normalized spacial score (nSPS) is 18.2. The second-order valence-corrected chi connectivity index (χ2v) is 9.12. The van der Waals surface area contributed by atoms with Crippen molar-refractivity contribution in [3.05, 3.63) is 47.5 Å². The number of hydrogen-bond donors (Lipinski definition) is 1. The van der Waals surface area contributed by atoms with Gasteiger partial charge < -0.3 is 14.6 Å². The van der Waals surface area contributed by atoms with E-state index in [9.17, 15) is 13.5 Å². The topological polar surface area (TPSA) is 79.3 Å². The number of nitrogens with zero attached hydrogens (tertiary/aromatic N) is 2. The lowest BCUT2D eigenvalue weighted by atomic mass is 10.1. The molecule has 2 heterocycles. The fourth-order valence-electron chi connectivity index (χ4n) is 3.55. The Labute approximate surface area is 165 Å². The number of sulfonamides is 1. The molecule has 0 spiro atoms. The van der Waals surface area contributed by atoms with E-state index in [1.165, 1.54) is 0 Å². The van der Waals surface area contributed by atoms with E-state index in [4.69, 9.17) is 9.47 Å². The van der Waals surface area contributed by atoms with E-state index in [1.807, 2.05) is 19.1 Å². The van der Waals surface area contributed by atoms with Crippen LogP contribution in [0.3, 0.4) is 0 Å². The van der Waals surface area contributed by atoms with Crippen LogP contribution in [0.25, 0.3) is 0 Å². The summed E-state index contributed by atoms with van der Waals surface area (Å²) < 4.78 is 38.1. The summed E-state index contributed by atoms with van der Waals surface area (Å²) in [6.45, 7) is 4.88. The highest BCUT2D eigenvalue weighted by molar-refractivity contribution is 7.89. The highest BCUT2D eigenvalue weighted by Gasteiger charge is 2.27. The first kappa shape index (κ1) is 19.0. The van der Waals surface area contributed by atoms with E-state index >= 15 is 0 Å². The molecule has 1 fully saturated rings. The van der Waals surface area contributed by atoms with Gasteiger partial charge in [-0.05, 0) is 38.1 Å². The van der Waals surface area contributed by atoms with Gasteiger partial charge in [0.25, 0.3) is 0 Å². The summed E-state index contributed by atoms with van der Waals surface area (Å²) in [6.07, 6.45) is 0.733. The molecule has 1 saturated heterocycles. The second kappa shape index (κ2) is 7.62. The molecular formula is C20H24N2O5S. The van der Waals surface area contributed by atoms with Crippen molar-refractivity contribution in [2.75, 3.05) is 33.0 Å². The Bertz CT molecular complexity index is 959. The average molecular weight is 404 g/mol. The third-order valence-electron chi connectivity index (χ3n) is 5.17. The summed E-state index contributed by atoms with van der Waals surface area (Å²) >= 11 is 0. The molecule has 0 aromatic heterocycles. The Morgan fingerprint density at radius 2 is 1.71 bits per heavy atom. The van der Waals surface area contributed by atoms with Gasteiger partial charge in [-0.15, -0.1) is 0 Å². The quantitative estimate of drug-likeness (QED) is 0.843. The van der Waals surface area contributed by atoms with E-state index in [1.54, 1.807) is 28.6 Å². The number of aromatic hydroxyl groups is 1. The molecule has 4 rings (SSSR count). The SMILES string of the molecule is Cc1ccc(S(=O)(=O)N2CCCN(Cc3cc4c(cc3O)OCO4)CC2)cc1. The van der Waals surface area contributed by atoms with Gasteiger partial charge in [0.05, 0.1) is 4.90 Å². The smallest absolute Gasteiger partial charge is 0.243 e. The van der Waals surface area contributed by atoms with Crippen LogP contribution in [0.5, 0.6) is 17.2 Å². The molecule has 28 heavy (non-hydrogen) atoms. The number of fused-ring (bicyclic) bond motifs is 1. The molecule has 0 aliphatic carbocycles. The molecule has 150 valence electrons. The minimum atomic E-state index is -3.49. The average Bonchev–Trinajstić information content (AvgIpc) is 2.97. The summed E-state index contributed by atoms with van der Waals surface area (Å²) in [5.41, 5.74) is 1.78. The lowest BCUT2D eigenvalue weighted by Gasteiger charge is -2.22. The standard InChI is InChI=1S/C20H24N2O5S/c1-15-3-5-17(6-4-15)28(24,25)22-8-2-7-21(9-10-22)13-16-11-19-20(12-18(16)23)27-14-26-19/h3-6,11-12,23H,2,7-10,13-14H2,1H3.